The average Bonchev–Trinajstić information content (AvgIpc) is 2.70. The number of nitrogens with zero attached hydrogens (tertiary/aromatic N) is 1. The summed E-state index contributed by atoms with van der Waals surface area (Å²) in [5, 5.41) is 0. The van der Waals surface area contributed by atoms with Gasteiger partial charge in [-0.05, 0) is 46.1 Å². The van der Waals surface area contributed by atoms with Crippen molar-refractivity contribution in [3.05, 3.63) is 23.2 Å². The molecule has 0 aliphatic carbocycles. The summed E-state index contributed by atoms with van der Waals surface area (Å²) in [5.41, 5.74) is 0.900. The Hall–Kier alpha value is -0.960. The van der Waals surface area contributed by atoms with Crippen molar-refractivity contribution in [2.45, 2.75) is 58.0 Å². The van der Waals surface area contributed by atoms with Crippen LogP contribution in [0.25, 0.3) is 0 Å². The molecule has 2 heterocycles. The number of aryl methyl sites for hydroxylation is 1. The van der Waals surface area contributed by atoms with Gasteiger partial charge in [0.25, 0.3) is 5.91 Å². The Balaban J connectivity index is 2.23. The number of halogens is 1. The summed E-state index contributed by atoms with van der Waals surface area (Å²) in [6.45, 7) is 6.05. The van der Waals surface area contributed by atoms with E-state index in [1.165, 1.54) is 6.42 Å². The maximum Gasteiger partial charge on any atom is 0.290 e. The number of carbonyl (C=O) groups is 1. The number of hydrogen-bond acceptors (Lipinski definition) is 2. The number of amides is 1. The van der Waals surface area contributed by atoms with Gasteiger partial charge in [-0.1, -0.05) is 0 Å². The van der Waals surface area contributed by atoms with E-state index in [4.69, 9.17) is 16.0 Å². The first-order chi connectivity index (χ1) is 8.54. The molecule has 1 aromatic rings. The van der Waals surface area contributed by atoms with Crippen LogP contribution in [0.2, 0.25) is 0 Å². The highest BCUT2D eigenvalue weighted by atomic mass is 35.5. The number of hydrogen-bond donors (Lipinski definition) is 0. The van der Waals surface area contributed by atoms with Gasteiger partial charge in [0, 0.05) is 17.6 Å². The molecular weight excluding hydrogens is 250 g/mol. The number of carbonyl (C=O) groups excluding carboxylic acids is 1. The lowest BCUT2D eigenvalue weighted by Crippen LogP contribution is -2.47. The first-order valence-electron chi connectivity index (χ1n) is 6.52. The van der Waals surface area contributed by atoms with Crippen molar-refractivity contribution in [2.75, 3.05) is 0 Å². The van der Waals surface area contributed by atoms with Gasteiger partial charge in [0.05, 0.1) is 5.88 Å². The Morgan fingerprint density at radius 3 is 2.56 bits per heavy atom. The highest BCUT2D eigenvalue weighted by Crippen LogP contribution is 2.26. The lowest BCUT2D eigenvalue weighted by atomic mass is 9.97. The molecule has 2 rings (SSSR count). The van der Waals surface area contributed by atoms with Crippen molar-refractivity contribution in [2.24, 2.45) is 0 Å². The molecule has 1 fully saturated rings. The summed E-state index contributed by atoms with van der Waals surface area (Å²) in [6, 6.07) is 2.34. The van der Waals surface area contributed by atoms with Gasteiger partial charge in [-0.15, -0.1) is 11.6 Å². The van der Waals surface area contributed by atoms with Crippen LogP contribution in [0, 0.1) is 6.92 Å². The second-order valence-electron chi connectivity index (χ2n) is 5.17. The van der Waals surface area contributed by atoms with Crippen LogP contribution in [0.15, 0.2) is 10.5 Å². The van der Waals surface area contributed by atoms with E-state index in [2.05, 4.69) is 13.8 Å². The Morgan fingerprint density at radius 2 is 2.06 bits per heavy atom. The van der Waals surface area contributed by atoms with Crippen LogP contribution in [0.4, 0.5) is 0 Å². The zero-order valence-corrected chi connectivity index (χ0v) is 12.0. The molecule has 2 unspecified atom stereocenters. The molecule has 1 amide bonds. The topological polar surface area (TPSA) is 33.5 Å². The lowest BCUT2D eigenvalue weighted by molar-refractivity contribution is 0.0477. The molecular formula is C14H20ClNO2. The van der Waals surface area contributed by atoms with Crippen LogP contribution in [-0.2, 0) is 5.88 Å². The third kappa shape index (κ3) is 2.41. The summed E-state index contributed by atoms with van der Waals surface area (Å²) in [5.74, 6) is 1.54. The quantitative estimate of drug-likeness (QED) is 0.767. The molecule has 18 heavy (non-hydrogen) atoms. The summed E-state index contributed by atoms with van der Waals surface area (Å²) in [4.78, 5) is 14.4. The van der Waals surface area contributed by atoms with Crippen molar-refractivity contribution in [3.63, 3.8) is 0 Å². The molecule has 0 saturated carbocycles. The van der Waals surface area contributed by atoms with Gasteiger partial charge < -0.3 is 9.32 Å². The number of rotatable bonds is 2. The van der Waals surface area contributed by atoms with Crippen LogP contribution in [-0.4, -0.2) is 22.9 Å². The van der Waals surface area contributed by atoms with Gasteiger partial charge in [-0.2, -0.15) is 0 Å². The first kappa shape index (κ1) is 13.5. The van der Waals surface area contributed by atoms with Crippen molar-refractivity contribution in [3.8, 4) is 0 Å². The van der Waals surface area contributed by atoms with E-state index in [0.29, 0.717) is 11.6 Å². The average molecular weight is 270 g/mol. The van der Waals surface area contributed by atoms with Gasteiger partial charge in [-0.25, -0.2) is 0 Å². The normalized spacial score (nSPS) is 24.3. The summed E-state index contributed by atoms with van der Waals surface area (Å²) < 4.78 is 5.54. The number of likely N-dealkylation sites (tertiary alicyclic amines) is 1. The molecule has 0 N–H and O–H groups in total. The highest BCUT2D eigenvalue weighted by molar-refractivity contribution is 6.17. The Kier molecular flexibility index (Phi) is 4.00. The molecule has 0 radical (unpaired) electrons. The zero-order chi connectivity index (χ0) is 13.3. The van der Waals surface area contributed by atoms with E-state index < -0.39 is 0 Å². The molecule has 4 heteroatoms. The molecule has 1 saturated heterocycles. The summed E-state index contributed by atoms with van der Waals surface area (Å²) >= 11 is 5.81. The van der Waals surface area contributed by atoms with Gasteiger partial charge in [0.15, 0.2) is 5.76 Å². The van der Waals surface area contributed by atoms with Crippen molar-refractivity contribution in [1.29, 1.82) is 0 Å². The van der Waals surface area contributed by atoms with Crippen LogP contribution in [0.5, 0.6) is 0 Å². The molecule has 1 aliphatic heterocycles. The number of piperidine rings is 1. The summed E-state index contributed by atoms with van der Waals surface area (Å²) in [6.07, 6.45) is 3.33. The largest absolute Gasteiger partial charge is 0.456 e. The minimum Gasteiger partial charge on any atom is -0.456 e. The third-order valence-electron chi connectivity index (χ3n) is 3.80. The fraction of sp³-hybridized carbons (Fsp3) is 0.643. The SMILES string of the molecule is Cc1oc(C(=O)N2C(C)CCCC2C)cc1CCl. The van der Waals surface area contributed by atoms with E-state index in [0.717, 1.165) is 24.2 Å². The monoisotopic (exact) mass is 269 g/mol. The van der Waals surface area contributed by atoms with E-state index in [1.54, 1.807) is 6.07 Å². The standard InChI is InChI=1S/C14H20ClNO2/c1-9-5-4-6-10(2)16(9)14(17)13-7-12(8-15)11(3)18-13/h7,9-10H,4-6,8H2,1-3H3. The van der Waals surface area contributed by atoms with E-state index in [1.807, 2.05) is 11.8 Å². The van der Waals surface area contributed by atoms with E-state index in [9.17, 15) is 4.79 Å². The predicted octanol–water partition coefficient (Wildman–Crippen LogP) is 3.73. The molecule has 1 aliphatic rings. The second-order valence-corrected chi connectivity index (χ2v) is 5.43. The fourth-order valence-corrected chi connectivity index (χ4v) is 2.97. The molecule has 1 aromatic heterocycles. The molecule has 2 atom stereocenters. The van der Waals surface area contributed by atoms with Crippen molar-refractivity contribution < 1.29 is 9.21 Å². The fourth-order valence-electron chi connectivity index (χ4n) is 2.71. The molecule has 100 valence electrons. The second kappa shape index (κ2) is 5.35. The highest BCUT2D eigenvalue weighted by Gasteiger charge is 2.31. The Bertz CT molecular complexity index is 431. The maximum atomic E-state index is 12.5. The maximum absolute atomic E-state index is 12.5. The smallest absolute Gasteiger partial charge is 0.290 e. The summed E-state index contributed by atoms with van der Waals surface area (Å²) in [7, 11) is 0. The Labute approximate surface area is 113 Å². The van der Waals surface area contributed by atoms with Gasteiger partial charge >= 0.3 is 0 Å². The van der Waals surface area contributed by atoms with Gasteiger partial charge in [0.1, 0.15) is 5.76 Å². The van der Waals surface area contributed by atoms with Crippen LogP contribution < -0.4 is 0 Å². The molecule has 0 bridgehead atoms. The zero-order valence-electron chi connectivity index (χ0n) is 11.2. The van der Waals surface area contributed by atoms with Gasteiger partial charge in [0.2, 0.25) is 0 Å². The van der Waals surface area contributed by atoms with E-state index in [-0.39, 0.29) is 18.0 Å². The van der Waals surface area contributed by atoms with Crippen LogP contribution in [0.1, 0.15) is 55.0 Å². The molecule has 3 nitrogen and oxygen atoms in total. The van der Waals surface area contributed by atoms with Gasteiger partial charge in [-0.3, -0.25) is 4.79 Å². The number of alkyl halides is 1. The first-order valence-corrected chi connectivity index (χ1v) is 7.06. The number of furan rings is 1. The van der Waals surface area contributed by atoms with Crippen LogP contribution in [0.3, 0.4) is 0 Å². The minimum atomic E-state index is -0.00540. The van der Waals surface area contributed by atoms with Crippen molar-refractivity contribution in [1.82, 2.24) is 4.90 Å². The molecule has 0 aromatic carbocycles. The van der Waals surface area contributed by atoms with E-state index >= 15 is 0 Å². The lowest BCUT2D eigenvalue weighted by Gasteiger charge is -2.38. The minimum absolute atomic E-state index is 0.00540. The van der Waals surface area contributed by atoms with Crippen molar-refractivity contribution >= 4 is 17.5 Å². The Morgan fingerprint density at radius 1 is 1.44 bits per heavy atom. The van der Waals surface area contributed by atoms with Crippen LogP contribution >= 0.6 is 11.6 Å². The third-order valence-corrected chi connectivity index (χ3v) is 4.09. The molecule has 0 spiro atoms. The predicted molar refractivity (Wildman–Crippen MR) is 71.9 cm³/mol.